The molecule has 33 heavy (non-hydrogen) atoms. The SMILES string of the molecule is C[Si](C)(C)C1C(c2ccccc2)=C(c2ccccc2)C(c2ccccc2)=C1c1ccccc1. The molecule has 1 aliphatic carbocycles. The van der Waals surface area contributed by atoms with Gasteiger partial charge in [-0.1, -0.05) is 141 Å². The Morgan fingerprint density at radius 3 is 0.939 bits per heavy atom. The van der Waals surface area contributed by atoms with Gasteiger partial charge in [0, 0.05) is 5.54 Å². The van der Waals surface area contributed by atoms with Gasteiger partial charge in [0.05, 0.1) is 8.07 Å². The number of benzene rings is 4. The number of rotatable bonds is 5. The van der Waals surface area contributed by atoms with Crippen molar-refractivity contribution < 1.29 is 0 Å². The van der Waals surface area contributed by atoms with E-state index in [0.717, 1.165) is 0 Å². The second-order valence-corrected chi connectivity index (χ2v) is 15.1. The van der Waals surface area contributed by atoms with E-state index in [2.05, 4.69) is 141 Å². The zero-order valence-electron chi connectivity index (χ0n) is 19.6. The van der Waals surface area contributed by atoms with Crippen molar-refractivity contribution in [2.75, 3.05) is 0 Å². The minimum atomic E-state index is -1.68. The van der Waals surface area contributed by atoms with Crippen LogP contribution in [-0.2, 0) is 0 Å². The molecule has 1 aliphatic rings. The molecule has 0 aromatic heterocycles. The lowest BCUT2D eigenvalue weighted by atomic mass is 9.89. The highest BCUT2D eigenvalue weighted by Gasteiger charge is 2.43. The van der Waals surface area contributed by atoms with E-state index < -0.39 is 8.07 Å². The van der Waals surface area contributed by atoms with E-state index in [1.54, 1.807) is 0 Å². The molecule has 0 heterocycles. The van der Waals surface area contributed by atoms with Gasteiger partial charge in [-0.05, 0) is 44.5 Å². The van der Waals surface area contributed by atoms with Crippen LogP contribution < -0.4 is 0 Å². The Kier molecular flexibility index (Phi) is 5.74. The lowest BCUT2D eigenvalue weighted by molar-refractivity contribution is 1.31. The Bertz CT molecular complexity index is 1190. The van der Waals surface area contributed by atoms with Gasteiger partial charge in [-0.2, -0.15) is 0 Å². The molecule has 0 spiro atoms. The number of allylic oxidation sites excluding steroid dienone is 4. The number of hydrogen-bond acceptors (Lipinski definition) is 0. The predicted molar refractivity (Wildman–Crippen MR) is 146 cm³/mol. The molecule has 1 heteroatoms. The van der Waals surface area contributed by atoms with Gasteiger partial charge in [0.15, 0.2) is 0 Å². The maximum Gasteiger partial charge on any atom is 0.0574 e. The Morgan fingerprint density at radius 1 is 0.394 bits per heavy atom. The third-order valence-electron chi connectivity index (χ3n) is 6.53. The molecule has 4 aromatic carbocycles. The molecule has 0 saturated heterocycles. The monoisotopic (exact) mass is 442 g/mol. The van der Waals surface area contributed by atoms with Gasteiger partial charge in [-0.3, -0.25) is 0 Å². The van der Waals surface area contributed by atoms with Crippen molar-refractivity contribution in [3.63, 3.8) is 0 Å². The fourth-order valence-electron chi connectivity index (χ4n) is 5.24. The Hall–Kier alpha value is -3.42. The van der Waals surface area contributed by atoms with Crippen LogP contribution in [0.4, 0.5) is 0 Å². The normalized spacial score (nSPS) is 14.8. The first-order valence-electron chi connectivity index (χ1n) is 11.8. The minimum Gasteiger partial charge on any atom is -0.0688 e. The average Bonchev–Trinajstić information content (AvgIpc) is 3.23. The molecule has 0 amide bonds. The summed E-state index contributed by atoms with van der Waals surface area (Å²) in [6, 6.07) is 44.1. The first-order chi connectivity index (χ1) is 16.1. The standard InChI is InChI=1S/C32H30Si/c1-33(2,3)32-30(26-20-12-6-13-21-26)28(24-16-8-4-9-17-24)29(25-18-10-5-11-19-25)31(32)27-22-14-7-15-23-27/h4-23,32H,1-3H3. The van der Waals surface area contributed by atoms with Crippen LogP contribution in [0.15, 0.2) is 121 Å². The van der Waals surface area contributed by atoms with E-state index in [0.29, 0.717) is 5.54 Å². The summed E-state index contributed by atoms with van der Waals surface area (Å²) in [5, 5.41) is 0. The van der Waals surface area contributed by atoms with Crippen LogP contribution in [-0.4, -0.2) is 8.07 Å². The van der Waals surface area contributed by atoms with Gasteiger partial charge in [0.25, 0.3) is 0 Å². The van der Waals surface area contributed by atoms with Gasteiger partial charge in [-0.25, -0.2) is 0 Å². The molecule has 0 aliphatic heterocycles. The zero-order chi connectivity index (χ0) is 22.8. The van der Waals surface area contributed by atoms with E-state index in [1.165, 1.54) is 44.5 Å². The molecule has 0 atom stereocenters. The molecule has 0 fully saturated rings. The van der Waals surface area contributed by atoms with Crippen molar-refractivity contribution in [1.29, 1.82) is 0 Å². The van der Waals surface area contributed by atoms with Crippen molar-refractivity contribution in [1.82, 2.24) is 0 Å². The molecule has 4 aromatic rings. The molecular formula is C32H30Si. The quantitative estimate of drug-likeness (QED) is 0.271. The molecular weight excluding hydrogens is 412 g/mol. The van der Waals surface area contributed by atoms with E-state index >= 15 is 0 Å². The molecule has 5 rings (SSSR count). The number of hydrogen-bond donors (Lipinski definition) is 0. The van der Waals surface area contributed by atoms with Gasteiger partial charge in [0.2, 0.25) is 0 Å². The highest BCUT2D eigenvalue weighted by molar-refractivity contribution is 6.82. The molecule has 0 nitrogen and oxygen atoms in total. The van der Waals surface area contributed by atoms with Crippen molar-refractivity contribution in [3.05, 3.63) is 144 Å². The average molecular weight is 443 g/mol. The summed E-state index contributed by atoms with van der Waals surface area (Å²) in [6.07, 6.45) is 0. The Labute approximate surface area is 199 Å². The molecule has 0 bridgehead atoms. The maximum atomic E-state index is 2.51. The van der Waals surface area contributed by atoms with Crippen molar-refractivity contribution >= 4 is 30.4 Å². The summed E-state index contributed by atoms with van der Waals surface area (Å²) in [5.74, 6) is 0. The van der Waals surface area contributed by atoms with Crippen LogP contribution in [0.2, 0.25) is 25.2 Å². The third kappa shape index (κ3) is 4.05. The van der Waals surface area contributed by atoms with E-state index in [-0.39, 0.29) is 0 Å². The fraction of sp³-hybridized carbons (Fsp3) is 0.125. The van der Waals surface area contributed by atoms with Gasteiger partial charge >= 0.3 is 0 Å². The fourth-order valence-corrected chi connectivity index (χ4v) is 7.59. The molecule has 0 N–H and O–H groups in total. The largest absolute Gasteiger partial charge is 0.0688 e. The van der Waals surface area contributed by atoms with Gasteiger partial charge in [0.1, 0.15) is 0 Å². The molecule has 0 unspecified atom stereocenters. The van der Waals surface area contributed by atoms with Crippen molar-refractivity contribution in [2.45, 2.75) is 25.2 Å². The van der Waals surface area contributed by atoms with Crippen LogP contribution in [0.1, 0.15) is 22.3 Å². The maximum absolute atomic E-state index is 2.51. The second kappa shape index (κ2) is 8.84. The predicted octanol–water partition coefficient (Wildman–Crippen LogP) is 8.93. The topological polar surface area (TPSA) is 0 Å². The van der Waals surface area contributed by atoms with E-state index in [4.69, 9.17) is 0 Å². The smallest absolute Gasteiger partial charge is 0.0574 e. The molecule has 0 saturated carbocycles. The van der Waals surface area contributed by atoms with Crippen molar-refractivity contribution in [2.24, 2.45) is 0 Å². The Morgan fingerprint density at radius 2 is 0.667 bits per heavy atom. The highest BCUT2D eigenvalue weighted by atomic mass is 28.3. The summed E-state index contributed by atoms with van der Waals surface area (Å²) in [6.45, 7) is 7.54. The summed E-state index contributed by atoms with van der Waals surface area (Å²) in [4.78, 5) is 0. The minimum absolute atomic E-state index is 0.396. The summed E-state index contributed by atoms with van der Waals surface area (Å²) >= 11 is 0. The lowest BCUT2D eigenvalue weighted by Crippen LogP contribution is -2.29. The Balaban J connectivity index is 1.94. The summed E-state index contributed by atoms with van der Waals surface area (Å²) in [7, 11) is -1.68. The van der Waals surface area contributed by atoms with Crippen LogP contribution in [0.3, 0.4) is 0 Å². The van der Waals surface area contributed by atoms with Gasteiger partial charge < -0.3 is 0 Å². The summed E-state index contributed by atoms with van der Waals surface area (Å²) in [5.41, 5.74) is 11.4. The van der Waals surface area contributed by atoms with Crippen LogP contribution in [0.5, 0.6) is 0 Å². The van der Waals surface area contributed by atoms with E-state index in [1.807, 2.05) is 0 Å². The molecule has 0 radical (unpaired) electrons. The molecule has 162 valence electrons. The van der Waals surface area contributed by atoms with Crippen LogP contribution in [0, 0.1) is 0 Å². The van der Waals surface area contributed by atoms with Gasteiger partial charge in [-0.15, -0.1) is 0 Å². The van der Waals surface area contributed by atoms with Crippen LogP contribution >= 0.6 is 0 Å². The highest BCUT2D eigenvalue weighted by Crippen LogP contribution is 2.60. The van der Waals surface area contributed by atoms with E-state index in [9.17, 15) is 0 Å². The second-order valence-electron chi connectivity index (χ2n) is 9.84. The summed E-state index contributed by atoms with van der Waals surface area (Å²) < 4.78 is 0. The van der Waals surface area contributed by atoms with Crippen molar-refractivity contribution in [3.8, 4) is 0 Å². The zero-order valence-corrected chi connectivity index (χ0v) is 20.6. The first kappa shape index (κ1) is 21.4. The first-order valence-corrected chi connectivity index (χ1v) is 15.3. The lowest BCUT2D eigenvalue weighted by Gasteiger charge is -2.32. The van der Waals surface area contributed by atoms with Crippen LogP contribution in [0.25, 0.3) is 22.3 Å². The third-order valence-corrected chi connectivity index (χ3v) is 8.84.